The number of aromatic carboxylic acids is 1. The first-order chi connectivity index (χ1) is 7.96. The Morgan fingerprint density at radius 3 is 2.82 bits per heavy atom. The van der Waals surface area contributed by atoms with Crippen molar-refractivity contribution < 1.29 is 9.90 Å². The van der Waals surface area contributed by atoms with Gasteiger partial charge in [-0.15, -0.1) is 0 Å². The molecule has 0 saturated heterocycles. The van der Waals surface area contributed by atoms with E-state index in [1.54, 1.807) is 22.9 Å². The van der Waals surface area contributed by atoms with E-state index in [0.717, 1.165) is 19.3 Å². The van der Waals surface area contributed by atoms with Crippen LogP contribution in [0.4, 0.5) is 0 Å². The molecule has 4 heteroatoms. The molecule has 1 N–H and O–H groups in total. The fraction of sp³-hybridized carbons (Fsp3) is 0.538. The number of nitriles is 1. The first-order valence-electron chi connectivity index (χ1n) is 5.76. The van der Waals surface area contributed by atoms with Gasteiger partial charge in [-0.25, -0.2) is 4.79 Å². The maximum Gasteiger partial charge on any atom is 0.352 e. The van der Waals surface area contributed by atoms with E-state index >= 15 is 0 Å². The largest absolute Gasteiger partial charge is 0.477 e. The Balaban J connectivity index is 2.40. The molecule has 0 amide bonds. The quantitative estimate of drug-likeness (QED) is 0.769. The number of aromatic nitrogens is 1. The Bertz CT molecular complexity index is 427. The Kier molecular flexibility index (Phi) is 4.33. The molecule has 92 valence electrons. The van der Waals surface area contributed by atoms with Gasteiger partial charge in [0.25, 0.3) is 0 Å². The lowest BCUT2D eigenvalue weighted by Crippen LogP contribution is -2.10. The summed E-state index contributed by atoms with van der Waals surface area (Å²) in [5, 5.41) is 17.8. The van der Waals surface area contributed by atoms with Gasteiger partial charge in [-0.3, -0.25) is 0 Å². The average Bonchev–Trinajstić information content (AvgIpc) is 2.73. The molecule has 0 radical (unpaired) electrons. The molecule has 17 heavy (non-hydrogen) atoms. The summed E-state index contributed by atoms with van der Waals surface area (Å²) >= 11 is 0. The van der Waals surface area contributed by atoms with E-state index in [1.165, 1.54) is 0 Å². The van der Waals surface area contributed by atoms with Crippen LogP contribution in [0.3, 0.4) is 0 Å². The molecule has 1 aromatic heterocycles. The van der Waals surface area contributed by atoms with Gasteiger partial charge in [-0.05, 0) is 38.8 Å². The molecule has 1 rings (SSSR count). The number of nitrogens with zero attached hydrogens (tertiary/aromatic N) is 2. The van der Waals surface area contributed by atoms with Gasteiger partial charge in [0.2, 0.25) is 0 Å². The fourth-order valence-electron chi connectivity index (χ4n) is 1.71. The molecular formula is C13H18N2O2. The number of carboxylic acids is 1. The summed E-state index contributed by atoms with van der Waals surface area (Å²) in [5.74, 6) is -0.896. The molecule has 4 nitrogen and oxygen atoms in total. The number of hydrogen-bond donors (Lipinski definition) is 1. The van der Waals surface area contributed by atoms with Crippen molar-refractivity contribution in [2.75, 3.05) is 0 Å². The summed E-state index contributed by atoms with van der Waals surface area (Å²) in [6.07, 6.45) is 4.43. The third-order valence-electron chi connectivity index (χ3n) is 2.80. The molecule has 0 aliphatic rings. The zero-order valence-electron chi connectivity index (χ0n) is 10.3. The topological polar surface area (TPSA) is 66.0 Å². The summed E-state index contributed by atoms with van der Waals surface area (Å²) < 4.78 is 1.74. The van der Waals surface area contributed by atoms with E-state index in [-0.39, 0.29) is 5.41 Å². The molecule has 0 aromatic carbocycles. The van der Waals surface area contributed by atoms with Crippen molar-refractivity contribution in [2.45, 2.75) is 39.7 Å². The highest BCUT2D eigenvalue weighted by molar-refractivity contribution is 5.85. The summed E-state index contributed by atoms with van der Waals surface area (Å²) in [4.78, 5) is 10.9. The predicted octanol–water partition coefficient (Wildman–Crippen LogP) is 2.91. The first-order valence-corrected chi connectivity index (χ1v) is 5.76. The Morgan fingerprint density at radius 2 is 2.24 bits per heavy atom. The van der Waals surface area contributed by atoms with Gasteiger partial charge in [-0.2, -0.15) is 5.26 Å². The summed E-state index contributed by atoms with van der Waals surface area (Å²) in [7, 11) is 0. The smallest absolute Gasteiger partial charge is 0.352 e. The van der Waals surface area contributed by atoms with Gasteiger partial charge in [0, 0.05) is 12.7 Å². The van der Waals surface area contributed by atoms with E-state index in [0.29, 0.717) is 12.2 Å². The third kappa shape index (κ3) is 3.95. The highest BCUT2D eigenvalue weighted by Crippen LogP contribution is 2.21. The van der Waals surface area contributed by atoms with Crippen molar-refractivity contribution in [3.63, 3.8) is 0 Å². The van der Waals surface area contributed by atoms with Crippen molar-refractivity contribution in [1.82, 2.24) is 4.57 Å². The van der Waals surface area contributed by atoms with Crippen molar-refractivity contribution in [1.29, 1.82) is 5.26 Å². The van der Waals surface area contributed by atoms with Gasteiger partial charge in [0.15, 0.2) is 0 Å². The van der Waals surface area contributed by atoms with Crippen molar-refractivity contribution in [3.8, 4) is 6.07 Å². The highest BCUT2D eigenvalue weighted by Gasteiger charge is 2.15. The number of carbonyl (C=O) groups is 1. The van der Waals surface area contributed by atoms with Crippen LogP contribution >= 0.6 is 0 Å². The van der Waals surface area contributed by atoms with Crippen LogP contribution in [0.15, 0.2) is 18.3 Å². The zero-order chi connectivity index (χ0) is 12.9. The van der Waals surface area contributed by atoms with Crippen LogP contribution in [0.5, 0.6) is 0 Å². The lowest BCUT2D eigenvalue weighted by molar-refractivity contribution is 0.0685. The van der Waals surface area contributed by atoms with Crippen LogP contribution in [0, 0.1) is 16.7 Å². The minimum absolute atomic E-state index is 0.285. The van der Waals surface area contributed by atoms with E-state index in [4.69, 9.17) is 10.4 Å². The number of rotatable bonds is 6. The number of unbranched alkanes of at least 4 members (excludes halogenated alkanes) is 1. The minimum Gasteiger partial charge on any atom is -0.477 e. The summed E-state index contributed by atoms with van der Waals surface area (Å²) in [6, 6.07) is 5.60. The maximum atomic E-state index is 10.9. The van der Waals surface area contributed by atoms with E-state index in [9.17, 15) is 4.79 Å². The number of aryl methyl sites for hydroxylation is 1. The van der Waals surface area contributed by atoms with Crippen LogP contribution < -0.4 is 0 Å². The second-order valence-electron chi connectivity index (χ2n) is 4.84. The van der Waals surface area contributed by atoms with Crippen molar-refractivity contribution in [2.24, 2.45) is 5.41 Å². The Morgan fingerprint density at radius 1 is 1.53 bits per heavy atom. The SMILES string of the molecule is CC(C)(C#N)CCCCn1cccc1C(=O)O. The molecule has 0 saturated carbocycles. The maximum absolute atomic E-state index is 10.9. The van der Waals surface area contributed by atoms with E-state index in [1.807, 2.05) is 13.8 Å². The molecule has 0 aliphatic heterocycles. The number of carboxylic acid groups (broad SMARTS) is 1. The van der Waals surface area contributed by atoms with E-state index < -0.39 is 5.97 Å². The average molecular weight is 234 g/mol. The van der Waals surface area contributed by atoms with Gasteiger partial charge >= 0.3 is 5.97 Å². The van der Waals surface area contributed by atoms with Gasteiger partial charge in [0.1, 0.15) is 5.69 Å². The molecule has 0 atom stereocenters. The molecule has 0 fully saturated rings. The third-order valence-corrected chi connectivity index (χ3v) is 2.80. The van der Waals surface area contributed by atoms with Crippen LogP contribution in [0.25, 0.3) is 0 Å². The predicted molar refractivity (Wildman–Crippen MR) is 64.6 cm³/mol. The number of hydrogen-bond acceptors (Lipinski definition) is 2. The molecule has 0 unspecified atom stereocenters. The second-order valence-corrected chi connectivity index (χ2v) is 4.84. The van der Waals surface area contributed by atoms with Crippen molar-refractivity contribution >= 4 is 5.97 Å². The summed E-state index contributed by atoms with van der Waals surface area (Å²) in [6.45, 7) is 4.53. The normalized spacial score (nSPS) is 11.1. The zero-order valence-corrected chi connectivity index (χ0v) is 10.3. The Labute approximate surface area is 101 Å². The van der Waals surface area contributed by atoms with Crippen molar-refractivity contribution in [3.05, 3.63) is 24.0 Å². The van der Waals surface area contributed by atoms with Gasteiger partial charge in [-0.1, -0.05) is 6.42 Å². The molecule has 0 spiro atoms. The lowest BCUT2D eigenvalue weighted by Gasteiger charge is -2.14. The van der Waals surface area contributed by atoms with Crippen LogP contribution in [-0.4, -0.2) is 15.6 Å². The highest BCUT2D eigenvalue weighted by atomic mass is 16.4. The van der Waals surface area contributed by atoms with E-state index in [2.05, 4.69) is 6.07 Å². The van der Waals surface area contributed by atoms with Crippen LogP contribution in [0.2, 0.25) is 0 Å². The fourth-order valence-corrected chi connectivity index (χ4v) is 1.71. The standard InChI is InChI=1S/C13H18N2O2/c1-13(2,10-14)7-3-4-8-15-9-5-6-11(15)12(16)17/h5-6,9H,3-4,7-8H2,1-2H3,(H,16,17). The molecular weight excluding hydrogens is 216 g/mol. The minimum atomic E-state index is -0.896. The molecule has 1 aromatic rings. The summed E-state index contributed by atoms with van der Waals surface area (Å²) in [5.41, 5.74) is 0.0383. The monoisotopic (exact) mass is 234 g/mol. The molecule has 1 heterocycles. The Hall–Kier alpha value is -1.76. The van der Waals surface area contributed by atoms with Gasteiger partial charge in [0.05, 0.1) is 11.5 Å². The van der Waals surface area contributed by atoms with Crippen LogP contribution in [0.1, 0.15) is 43.6 Å². The first kappa shape index (κ1) is 13.3. The van der Waals surface area contributed by atoms with Crippen LogP contribution in [-0.2, 0) is 6.54 Å². The van der Waals surface area contributed by atoms with Gasteiger partial charge < -0.3 is 9.67 Å². The lowest BCUT2D eigenvalue weighted by atomic mass is 9.89. The second kappa shape index (κ2) is 5.53. The molecule has 0 aliphatic carbocycles. The molecule has 0 bridgehead atoms.